The minimum atomic E-state index is -0.153. The summed E-state index contributed by atoms with van der Waals surface area (Å²) >= 11 is 0. The van der Waals surface area contributed by atoms with E-state index in [0.717, 1.165) is 52.4 Å². The van der Waals surface area contributed by atoms with Crippen LogP contribution >= 0.6 is 0 Å². The van der Waals surface area contributed by atoms with Crippen molar-refractivity contribution >= 4 is 27.8 Å². The molecule has 1 aliphatic rings. The van der Waals surface area contributed by atoms with Crippen LogP contribution in [0.3, 0.4) is 0 Å². The Morgan fingerprint density at radius 1 is 1.21 bits per heavy atom. The average Bonchev–Trinajstić information content (AvgIpc) is 3.11. The van der Waals surface area contributed by atoms with E-state index >= 15 is 0 Å². The van der Waals surface area contributed by atoms with Crippen molar-refractivity contribution in [2.24, 2.45) is 11.8 Å². The van der Waals surface area contributed by atoms with Crippen molar-refractivity contribution < 1.29 is 9.21 Å². The van der Waals surface area contributed by atoms with Gasteiger partial charge in [-0.25, -0.2) is 0 Å². The highest BCUT2D eigenvalue weighted by atomic mass is 16.3. The van der Waals surface area contributed by atoms with Gasteiger partial charge in [0.05, 0.1) is 5.52 Å². The molecule has 5 nitrogen and oxygen atoms in total. The molecule has 2 aromatic heterocycles. The summed E-state index contributed by atoms with van der Waals surface area (Å²) in [6, 6.07) is 9.68. The number of furan rings is 1. The highest BCUT2D eigenvalue weighted by Gasteiger charge is 2.21. The number of piperidine rings is 1. The highest BCUT2D eigenvalue weighted by Crippen LogP contribution is 2.29. The molecular formula is C23H29N3O2. The third-order valence-corrected chi connectivity index (χ3v) is 5.66. The Kier molecular flexibility index (Phi) is 5.36. The molecule has 0 bridgehead atoms. The Morgan fingerprint density at radius 3 is 2.75 bits per heavy atom. The maximum Gasteiger partial charge on any atom is 0.287 e. The van der Waals surface area contributed by atoms with Crippen LogP contribution in [0.1, 0.15) is 42.9 Å². The minimum absolute atomic E-state index is 0.153. The predicted molar refractivity (Wildman–Crippen MR) is 113 cm³/mol. The second-order valence-electron chi connectivity index (χ2n) is 8.38. The van der Waals surface area contributed by atoms with E-state index in [4.69, 9.17) is 4.42 Å². The van der Waals surface area contributed by atoms with E-state index in [9.17, 15) is 4.79 Å². The maximum atomic E-state index is 12.6. The van der Waals surface area contributed by atoms with Gasteiger partial charge in [-0.2, -0.15) is 0 Å². The van der Waals surface area contributed by atoms with Gasteiger partial charge in [-0.3, -0.25) is 9.78 Å². The molecule has 148 valence electrons. The summed E-state index contributed by atoms with van der Waals surface area (Å²) in [5.41, 5.74) is 2.51. The summed E-state index contributed by atoms with van der Waals surface area (Å²) in [6.45, 7) is 10.6. The van der Waals surface area contributed by atoms with E-state index in [-0.39, 0.29) is 5.91 Å². The van der Waals surface area contributed by atoms with Gasteiger partial charge in [0.25, 0.3) is 5.91 Å². The van der Waals surface area contributed by atoms with Crippen LogP contribution in [0.2, 0.25) is 0 Å². The summed E-state index contributed by atoms with van der Waals surface area (Å²) in [7, 11) is 0. The molecule has 4 rings (SSSR count). The van der Waals surface area contributed by atoms with Crippen LogP contribution in [0.5, 0.6) is 0 Å². The van der Waals surface area contributed by atoms with Crippen LogP contribution in [0.25, 0.3) is 21.9 Å². The number of fused-ring (bicyclic) bond motifs is 3. The van der Waals surface area contributed by atoms with Crippen molar-refractivity contribution in [2.75, 3.05) is 26.2 Å². The zero-order valence-electron chi connectivity index (χ0n) is 17.0. The molecule has 0 spiro atoms. The molecule has 5 heteroatoms. The lowest BCUT2D eigenvalue weighted by molar-refractivity contribution is 0.0922. The molecule has 1 aromatic carbocycles. The van der Waals surface area contributed by atoms with Crippen LogP contribution in [0.4, 0.5) is 0 Å². The van der Waals surface area contributed by atoms with Crippen molar-refractivity contribution in [1.29, 1.82) is 0 Å². The zero-order valence-corrected chi connectivity index (χ0v) is 17.0. The van der Waals surface area contributed by atoms with Gasteiger partial charge in [0.1, 0.15) is 5.58 Å². The van der Waals surface area contributed by atoms with Gasteiger partial charge in [0.2, 0.25) is 0 Å². The largest absolute Gasteiger partial charge is 0.450 e. The quantitative estimate of drug-likeness (QED) is 0.668. The standard InChI is InChI=1S/C23H29N3O2/c1-15-11-16(2)14-26(13-15)10-6-9-24-23(27)21-12-19-17(3)25-20-8-5-4-7-18(20)22(19)28-21/h4-5,7-8,12,15-16H,6,9-11,13-14H2,1-3H3,(H,24,27)/t15-,16+. The number of aromatic nitrogens is 1. The van der Waals surface area contributed by atoms with E-state index in [0.29, 0.717) is 12.3 Å². The Balaban J connectivity index is 1.39. The molecule has 1 N–H and O–H groups in total. The van der Waals surface area contributed by atoms with Crippen LogP contribution in [-0.2, 0) is 0 Å². The number of rotatable bonds is 5. The molecule has 0 saturated carbocycles. The van der Waals surface area contributed by atoms with Gasteiger partial charge in [0, 0.05) is 36.1 Å². The first-order chi connectivity index (χ1) is 13.5. The molecule has 2 atom stereocenters. The van der Waals surface area contributed by atoms with Gasteiger partial charge < -0.3 is 14.6 Å². The van der Waals surface area contributed by atoms with Crippen LogP contribution in [-0.4, -0.2) is 42.0 Å². The number of carbonyl (C=O) groups excluding carboxylic acids is 1. The number of carbonyl (C=O) groups is 1. The molecule has 3 aromatic rings. The summed E-state index contributed by atoms with van der Waals surface area (Å²) in [5, 5.41) is 4.85. The van der Waals surface area contributed by atoms with Gasteiger partial charge in [-0.15, -0.1) is 0 Å². The number of benzene rings is 1. The van der Waals surface area contributed by atoms with Crippen LogP contribution in [0.15, 0.2) is 34.7 Å². The number of amides is 1. The maximum absolute atomic E-state index is 12.6. The fourth-order valence-corrected chi connectivity index (χ4v) is 4.54. The van der Waals surface area contributed by atoms with Crippen molar-refractivity contribution in [3.8, 4) is 0 Å². The Morgan fingerprint density at radius 2 is 1.96 bits per heavy atom. The van der Waals surface area contributed by atoms with E-state index < -0.39 is 0 Å². The first-order valence-corrected chi connectivity index (χ1v) is 10.3. The second kappa shape index (κ2) is 7.92. The van der Waals surface area contributed by atoms with Gasteiger partial charge >= 0.3 is 0 Å². The van der Waals surface area contributed by atoms with Crippen molar-refractivity contribution in [3.63, 3.8) is 0 Å². The topological polar surface area (TPSA) is 58.4 Å². The number of para-hydroxylation sites is 1. The smallest absolute Gasteiger partial charge is 0.287 e. The number of nitrogens with zero attached hydrogens (tertiary/aromatic N) is 2. The number of aryl methyl sites for hydroxylation is 1. The fourth-order valence-electron chi connectivity index (χ4n) is 4.54. The highest BCUT2D eigenvalue weighted by molar-refractivity contribution is 6.06. The lowest BCUT2D eigenvalue weighted by atomic mass is 9.92. The average molecular weight is 380 g/mol. The zero-order chi connectivity index (χ0) is 19.7. The third kappa shape index (κ3) is 3.90. The Hall–Kier alpha value is -2.40. The second-order valence-corrected chi connectivity index (χ2v) is 8.38. The molecule has 1 saturated heterocycles. The molecule has 1 amide bonds. The summed E-state index contributed by atoms with van der Waals surface area (Å²) in [5.74, 6) is 1.73. The van der Waals surface area contributed by atoms with Gasteiger partial charge in [0.15, 0.2) is 5.76 Å². The van der Waals surface area contributed by atoms with Crippen molar-refractivity contribution in [2.45, 2.75) is 33.6 Å². The number of nitrogens with one attached hydrogen (secondary N) is 1. The molecule has 0 aliphatic carbocycles. The van der Waals surface area contributed by atoms with E-state index in [1.165, 1.54) is 19.5 Å². The lowest BCUT2D eigenvalue weighted by Crippen LogP contribution is -2.40. The molecule has 28 heavy (non-hydrogen) atoms. The van der Waals surface area contributed by atoms with Gasteiger partial charge in [-0.05, 0) is 56.3 Å². The van der Waals surface area contributed by atoms with E-state index in [1.54, 1.807) is 0 Å². The third-order valence-electron chi connectivity index (χ3n) is 5.66. The first kappa shape index (κ1) is 18.9. The van der Waals surface area contributed by atoms with Gasteiger partial charge in [-0.1, -0.05) is 26.0 Å². The normalized spacial score (nSPS) is 20.7. The molecule has 0 radical (unpaired) electrons. The SMILES string of the molecule is Cc1nc2ccccc2c2oc(C(=O)NCCCN3C[C@H](C)C[C@H](C)C3)cc12. The molecule has 1 fully saturated rings. The van der Waals surface area contributed by atoms with Crippen LogP contribution < -0.4 is 5.32 Å². The molecule has 1 aliphatic heterocycles. The van der Waals surface area contributed by atoms with Crippen LogP contribution in [0, 0.1) is 18.8 Å². The summed E-state index contributed by atoms with van der Waals surface area (Å²) in [6.07, 6.45) is 2.27. The molecular weight excluding hydrogens is 350 g/mol. The van der Waals surface area contributed by atoms with Crippen molar-refractivity contribution in [3.05, 3.63) is 41.8 Å². The molecule has 0 unspecified atom stereocenters. The Labute approximate surface area is 166 Å². The van der Waals surface area contributed by atoms with E-state index in [2.05, 4.69) is 29.0 Å². The van der Waals surface area contributed by atoms with E-state index in [1.807, 2.05) is 37.3 Å². The first-order valence-electron chi connectivity index (χ1n) is 10.3. The number of hydrogen-bond acceptors (Lipinski definition) is 4. The fraction of sp³-hybridized carbons (Fsp3) is 0.478. The number of likely N-dealkylation sites (tertiary alicyclic amines) is 1. The number of pyridine rings is 1. The van der Waals surface area contributed by atoms with Crippen molar-refractivity contribution in [1.82, 2.24) is 15.2 Å². The lowest BCUT2D eigenvalue weighted by Gasteiger charge is -2.34. The minimum Gasteiger partial charge on any atom is -0.450 e. The summed E-state index contributed by atoms with van der Waals surface area (Å²) in [4.78, 5) is 19.7. The molecule has 3 heterocycles. The predicted octanol–water partition coefficient (Wildman–Crippen LogP) is 4.39. The Bertz CT molecular complexity index is 984. The monoisotopic (exact) mass is 379 g/mol. The summed E-state index contributed by atoms with van der Waals surface area (Å²) < 4.78 is 5.94. The number of hydrogen-bond donors (Lipinski definition) is 1.